The standard InChI is InChI=1S/C17H13Cl2N3O2/c1-9-3-6-14-11(7-9)16(23)15(21-22(14)2)17(24)20-13-5-4-10(18)8-12(13)19/h3-8H,1-2H3,(H,20,24). The Morgan fingerprint density at radius 1 is 1.17 bits per heavy atom. The first-order valence-electron chi connectivity index (χ1n) is 7.11. The maximum Gasteiger partial charge on any atom is 0.280 e. The van der Waals surface area contributed by atoms with Crippen molar-refractivity contribution in [1.82, 2.24) is 9.78 Å². The van der Waals surface area contributed by atoms with E-state index in [0.717, 1.165) is 5.56 Å². The fourth-order valence-corrected chi connectivity index (χ4v) is 2.87. The van der Waals surface area contributed by atoms with Crippen molar-refractivity contribution in [2.24, 2.45) is 7.05 Å². The average Bonchev–Trinajstić information content (AvgIpc) is 2.53. The first kappa shape index (κ1) is 16.5. The van der Waals surface area contributed by atoms with Crippen LogP contribution >= 0.6 is 23.2 Å². The van der Waals surface area contributed by atoms with Crippen LogP contribution in [0.2, 0.25) is 10.0 Å². The third-order valence-electron chi connectivity index (χ3n) is 3.60. The van der Waals surface area contributed by atoms with E-state index in [-0.39, 0.29) is 10.7 Å². The summed E-state index contributed by atoms with van der Waals surface area (Å²) in [6.45, 7) is 1.88. The van der Waals surface area contributed by atoms with E-state index in [1.54, 1.807) is 31.3 Å². The number of rotatable bonds is 2. The number of carbonyl (C=O) groups is 1. The van der Waals surface area contributed by atoms with E-state index in [0.29, 0.717) is 21.6 Å². The third kappa shape index (κ3) is 3.00. The van der Waals surface area contributed by atoms with Gasteiger partial charge < -0.3 is 5.32 Å². The van der Waals surface area contributed by atoms with Crippen LogP contribution in [-0.4, -0.2) is 15.7 Å². The molecule has 0 saturated carbocycles. The lowest BCUT2D eigenvalue weighted by molar-refractivity contribution is 0.101. The zero-order valence-corrected chi connectivity index (χ0v) is 14.4. The van der Waals surface area contributed by atoms with Crippen LogP contribution in [0.5, 0.6) is 0 Å². The number of carbonyl (C=O) groups excluding carboxylic acids is 1. The molecule has 0 spiro atoms. The first-order valence-corrected chi connectivity index (χ1v) is 7.86. The number of anilines is 1. The van der Waals surface area contributed by atoms with Crippen molar-refractivity contribution in [2.75, 3.05) is 5.32 Å². The fourth-order valence-electron chi connectivity index (χ4n) is 2.41. The van der Waals surface area contributed by atoms with Crippen molar-refractivity contribution in [2.45, 2.75) is 6.92 Å². The summed E-state index contributed by atoms with van der Waals surface area (Å²) in [6.07, 6.45) is 0. The number of amides is 1. The van der Waals surface area contributed by atoms with Crippen molar-refractivity contribution in [1.29, 1.82) is 0 Å². The molecular weight excluding hydrogens is 349 g/mol. The van der Waals surface area contributed by atoms with Crippen LogP contribution in [0.1, 0.15) is 16.1 Å². The van der Waals surface area contributed by atoms with Gasteiger partial charge in [0.05, 0.1) is 21.6 Å². The quantitative estimate of drug-likeness (QED) is 0.754. The highest BCUT2D eigenvalue weighted by Gasteiger charge is 2.17. The Labute approximate surface area is 147 Å². The number of nitrogens with one attached hydrogen (secondary N) is 1. The number of aryl methyl sites for hydroxylation is 2. The average molecular weight is 362 g/mol. The largest absolute Gasteiger partial charge is 0.319 e. The molecule has 0 aliphatic rings. The van der Waals surface area contributed by atoms with Gasteiger partial charge in [0.15, 0.2) is 5.69 Å². The van der Waals surface area contributed by atoms with Crippen LogP contribution < -0.4 is 10.7 Å². The molecule has 1 N–H and O–H groups in total. The van der Waals surface area contributed by atoms with Gasteiger partial charge >= 0.3 is 0 Å². The molecule has 0 bridgehead atoms. The van der Waals surface area contributed by atoms with Crippen LogP contribution in [0, 0.1) is 6.92 Å². The minimum atomic E-state index is -0.622. The Balaban J connectivity index is 2.07. The minimum Gasteiger partial charge on any atom is -0.319 e. The Bertz CT molecular complexity index is 1030. The third-order valence-corrected chi connectivity index (χ3v) is 4.15. The van der Waals surface area contributed by atoms with Gasteiger partial charge in [0.1, 0.15) is 0 Å². The van der Waals surface area contributed by atoms with E-state index < -0.39 is 11.3 Å². The number of halogens is 2. The Morgan fingerprint density at radius 3 is 2.62 bits per heavy atom. The predicted octanol–water partition coefficient (Wildman–Crippen LogP) is 3.80. The first-order chi connectivity index (χ1) is 11.4. The normalized spacial score (nSPS) is 10.8. The highest BCUT2D eigenvalue weighted by Crippen LogP contribution is 2.25. The van der Waals surface area contributed by atoms with Crippen molar-refractivity contribution in [3.8, 4) is 0 Å². The van der Waals surface area contributed by atoms with Crippen molar-refractivity contribution >= 4 is 45.7 Å². The molecule has 5 nitrogen and oxygen atoms in total. The van der Waals surface area contributed by atoms with Crippen LogP contribution in [0.25, 0.3) is 10.9 Å². The van der Waals surface area contributed by atoms with Crippen molar-refractivity contribution in [3.63, 3.8) is 0 Å². The Hall–Kier alpha value is -2.37. The van der Waals surface area contributed by atoms with E-state index in [2.05, 4.69) is 10.4 Å². The number of aromatic nitrogens is 2. The number of fused-ring (bicyclic) bond motifs is 1. The van der Waals surface area contributed by atoms with Crippen LogP contribution in [-0.2, 0) is 7.05 Å². The SMILES string of the molecule is Cc1ccc2c(c1)c(=O)c(C(=O)Nc1ccc(Cl)cc1Cl)nn2C. The summed E-state index contributed by atoms with van der Waals surface area (Å²) in [5.74, 6) is -0.622. The number of hydrogen-bond acceptors (Lipinski definition) is 3. The lowest BCUT2D eigenvalue weighted by Crippen LogP contribution is -2.26. The van der Waals surface area contributed by atoms with Gasteiger partial charge in [0.25, 0.3) is 5.91 Å². The molecule has 0 fully saturated rings. The summed E-state index contributed by atoms with van der Waals surface area (Å²) < 4.78 is 1.51. The molecule has 0 radical (unpaired) electrons. The zero-order valence-electron chi connectivity index (χ0n) is 12.9. The molecule has 0 aliphatic carbocycles. The Kier molecular flexibility index (Phi) is 4.30. The molecule has 1 heterocycles. The zero-order chi connectivity index (χ0) is 17.4. The second-order valence-electron chi connectivity index (χ2n) is 5.40. The molecular formula is C17H13Cl2N3O2. The minimum absolute atomic E-state index is 0.193. The second kappa shape index (κ2) is 6.26. The second-order valence-corrected chi connectivity index (χ2v) is 6.24. The van der Waals surface area contributed by atoms with Gasteiger partial charge in [-0.15, -0.1) is 0 Å². The molecule has 122 valence electrons. The predicted molar refractivity (Wildman–Crippen MR) is 96.1 cm³/mol. The summed E-state index contributed by atoms with van der Waals surface area (Å²) >= 11 is 11.9. The lowest BCUT2D eigenvalue weighted by atomic mass is 10.1. The summed E-state index contributed by atoms with van der Waals surface area (Å²) in [5, 5.41) is 7.87. The smallest absolute Gasteiger partial charge is 0.280 e. The van der Waals surface area contributed by atoms with Gasteiger partial charge in [0.2, 0.25) is 5.43 Å². The van der Waals surface area contributed by atoms with E-state index in [4.69, 9.17) is 23.2 Å². The fraction of sp³-hybridized carbons (Fsp3) is 0.118. The lowest BCUT2D eigenvalue weighted by Gasteiger charge is -2.10. The molecule has 2 aromatic carbocycles. The molecule has 0 unspecified atom stereocenters. The van der Waals surface area contributed by atoms with Gasteiger partial charge in [0, 0.05) is 12.1 Å². The number of benzene rings is 2. The highest BCUT2D eigenvalue weighted by atomic mass is 35.5. The maximum absolute atomic E-state index is 12.6. The summed E-state index contributed by atoms with van der Waals surface area (Å²) in [6, 6.07) is 10.1. The van der Waals surface area contributed by atoms with Gasteiger partial charge in [-0.05, 0) is 37.3 Å². The Morgan fingerprint density at radius 2 is 1.92 bits per heavy atom. The van der Waals surface area contributed by atoms with Gasteiger partial charge in [-0.1, -0.05) is 34.8 Å². The summed E-state index contributed by atoms with van der Waals surface area (Å²) in [4.78, 5) is 25.1. The van der Waals surface area contributed by atoms with E-state index >= 15 is 0 Å². The molecule has 24 heavy (non-hydrogen) atoms. The number of nitrogens with zero attached hydrogens (tertiary/aromatic N) is 2. The molecule has 1 amide bonds. The van der Waals surface area contributed by atoms with Crippen molar-refractivity contribution in [3.05, 3.63) is 67.9 Å². The summed E-state index contributed by atoms with van der Waals surface area (Å²) in [5.41, 5.74) is 1.33. The highest BCUT2D eigenvalue weighted by molar-refractivity contribution is 6.36. The molecule has 7 heteroatoms. The molecule has 1 aromatic heterocycles. The van der Waals surface area contributed by atoms with Crippen molar-refractivity contribution < 1.29 is 4.79 Å². The van der Waals surface area contributed by atoms with Crippen LogP contribution in [0.15, 0.2) is 41.2 Å². The van der Waals surface area contributed by atoms with E-state index in [1.807, 2.05) is 13.0 Å². The number of hydrogen-bond donors (Lipinski definition) is 1. The van der Waals surface area contributed by atoms with E-state index in [9.17, 15) is 9.59 Å². The van der Waals surface area contributed by atoms with Gasteiger partial charge in [-0.25, -0.2) is 0 Å². The van der Waals surface area contributed by atoms with Gasteiger partial charge in [-0.2, -0.15) is 5.10 Å². The molecule has 3 rings (SSSR count). The van der Waals surface area contributed by atoms with Crippen LogP contribution in [0.4, 0.5) is 5.69 Å². The van der Waals surface area contributed by atoms with Crippen LogP contribution in [0.3, 0.4) is 0 Å². The molecule has 3 aromatic rings. The summed E-state index contributed by atoms with van der Waals surface area (Å²) in [7, 11) is 1.68. The molecule has 0 aliphatic heterocycles. The topological polar surface area (TPSA) is 64.0 Å². The molecule has 0 saturated heterocycles. The van der Waals surface area contributed by atoms with Gasteiger partial charge in [-0.3, -0.25) is 14.3 Å². The van der Waals surface area contributed by atoms with E-state index in [1.165, 1.54) is 10.7 Å². The molecule has 0 atom stereocenters. The monoisotopic (exact) mass is 361 g/mol. The maximum atomic E-state index is 12.6.